The molecule has 0 bridgehead atoms. The van der Waals surface area contributed by atoms with Gasteiger partial charge in [-0.3, -0.25) is 9.59 Å². The Kier molecular flexibility index (Phi) is 10.9. The Morgan fingerprint density at radius 1 is 0.826 bits per heavy atom. The molecule has 0 unspecified atom stereocenters. The monoisotopic (exact) mass is 338 g/mol. The Morgan fingerprint density at radius 3 is 1.43 bits per heavy atom. The molecule has 1 aromatic carbocycles. The fraction of sp³-hybridized carbons (Fsp3) is 0.231. The van der Waals surface area contributed by atoms with Crippen LogP contribution in [0.25, 0.3) is 0 Å². The van der Waals surface area contributed by atoms with Crippen LogP contribution in [0.1, 0.15) is 23.2 Å². The third kappa shape index (κ3) is 9.63. The minimum atomic E-state index is -2.74. The van der Waals surface area contributed by atoms with Gasteiger partial charge in [-0.2, -0.15) is 0 Å². The summed E-state index contributed by atoms with van der Waals surface area (Å²) >= 11 is 0. The molecule has 23 heavy (non-hydrogen) atoms. The molecule has 0 aliphatic heterocycles. The number of hydrogen-bond acceptors (Lipinski definition) is 5. The quantitative estimate of drug-likeness (QED) is 0.428. The van der Waals surface area contributed by atoms with Gasteiger partial charge >= 0.3 is 53.4 Å². The number of rotatable bonds is 6. The van der Waals surface area contributed by atoms with Crippen molar-refractivity contribution in [3.63, 3.8) is 0 Å². The summed E-state index contributed by atoms with van der Waals surface area (Å²) in [5.41, 5.74) is -2.41. The van der Waals surface area contributed by atoms with Gasteiger partial charge in [0.2, 0.25) is 0 Å². The topological polar surface area (TPSA) is 169 Å². The number of aromatic carboxylic acids is 1. The first-order valence-corrected chi connectivity index (χ1v) is 5.76. The van der Waals surface area contributed by atoms with E-state index in [4.69, 9.17) is 25.5 Å². The zero-order chi connectivity index (χ0) is 17.3. The van der Waals surface area contributed by atoms with Gasteiger partial charge in [-0.1, -0.05) is 18.2 Å². The first-order valence-electron chi connectivity index (χ1n) is 5.76. The standard InChI is InChI=1S/C7H6O2.C6H8O7.Na.H/c8-7(9)6-4-2-1-3-5-6;7-3(8)1-6(13,5(11)12)2-4(9)10;;/h1-5H,(H,8,9);13H,1-2H2,(H,7,8)(H,9,10)(H,11,12);;. The van der Waals surface area contributed by atoms with Crippen LogP contribution in [0.4, 0.5) is 0 Å². The molecule has 122 valence electrons. The first-order chi connectivity index (χ1) is 10.1. The predicted molar refractivity (Wildman–Crippen MR) is 77.6 cm³/mol. The molecule has 0 atom stereocenters. The molecule has 5 N–H and O–H groups in total. The second-order valence-electron chi connectivity index (χ2n) is 4.15. The number of carboxylic acids is 4. The summed E-state index contributed by atoms with van der Waals surface area (Å²) in [6.07, 6.45) is -2.29. The van der Waals surface area contributed by atoms with Crippen molar-refractivity contribution < 1.29 is 44.7 Å². The fourth-order valence-corrected chi connectivity index (χ4v) is 1.29. The molecule has 0 amide bonds. The molecule has 0 aromatic heterocycles. The molecule has 9 nitrogen and oxygen atoms in total. The summed E-state index contributed by atoms with van der Waals surface area (Å²) in [5.74, 6) is -5.90. The van der Waals surface area contributed by atoms with Crippen molar-refractivity contribution >= 4 is 53.4 Å². The number of aliphatic hydroxyl groups is 1. The van der Waals surface area contributed by atoms with Crippen LogP contribution in [-0.2, 0) is 14.4 Å². The third-order valence-electron chi connectivity index (χ3n) is 2.31. The van der Waals surface area contributed by atoms with E-state index < -0.39 is 42.3 Å². The third-order valence-corrected chi connectivity index (χ3v) is 2.31. The van der Waals surface area contributed by atoms with Crippen LogP contribution in [0.3, 0.4) is 0 Å². The molecule has 0 radical (unpaired) electrons. The summed E-state index contributed by atoms with van der Waals surface area (Å²) in [4.78, 5) is 40.7. The van der Waals surface area contributed by atoms with Gasteiger partial charge in [0.05, 0.1) is 18.4 Å². The Morgan fingerprint density at radius 2 is 1.22 bits per heavy atom. The van der Waals surface area contributed by atoms with Gasteiger partial charge in [0.1, 0.15) is 0 Å². The van der Waals surface area contributed by atoms with Crippen LogP contribution >= 0.6 is 0 Å². The van der Waals surface area contributed by atoms with Crippen molar-refractivity contribution in [3.8, 4) is 0 Å². The van der Waals surface area contributed by atoms with Gasteiger partial charge in [0, 0.05) is 0 Å². The van der Waals surface area contributed by atoms with Crippen LogP contribution in [0, 0.1) is 0 Å². The maximum absolute atomic E-state index is 10.3. The second-order valence-corrected chi connectivity index (χ2v) is 4.15. The van der Waals surface area contributed by atoms with Crippen molar-refractivity contribution in [3.05, 3.63) is 35.9 Å². The van der Waals surface area contributed by atoms with Crippen molar-refractivity contribution in [2.24, 2.45) is 0 Å². The molecular weight excluding hydrogens is 323 g/mol. The number of benzene rings is 1. The van der Waals surface area contributed by atoms with Crippen LogP contribution in [0.2, 0.25) is 0 Å². The van der Waals surface area contributed by atoms with E-state index in [1.54, 1.807) is 30.3 Å². The van der Waals surface area contributed by atoms with Crippen molar-refractivity contribution in [2.45, 2.75) is 18.4 Å². The number of hydrogen-bond donors (Lipinski definition) is 5. The van der Waals surface area contributed by atoms with Crippen LogP contribution < -0.4 is 0 Å². The number of carboxylic acid groups (broad SMARTS) is 4. The number of aliphatic carboxylic acids is 3. The molecule has 0 fully saturated rings. The fourth-order valence-electron chi connectivity index (χ4n) is 1.29. The normalized spacial score (nSPS) is 9.61. The maximum atomic E-state index is 10.3. The number of carbonyl (C=O) groups is 4. The van der Waals surface area contributed by atoms with Gasteiger partial charge in [-0.15, -0.1) is 0 Å². The summed E-state index contributed by atoms with van der Waals surface area (Å²) in [5, 5.41) is 42.2. The summed E-state index contributed by atoms with van der Waals surface area (Å²) < 4.78 is 0. The van der Waals surface area contributed by atoms with Crippen molar-refractivity contribution in [2.75, 3.05) is 0 Å². The zero-order valence-electron chi connectivity index (χ0n) is 11.2. The zero-order valence-corrected chi connectivity index (χ0v) is 11.2. The molecule has 0 heterocycles. The van der Waals surface area contributed by atoms with Crippen LogP contribution in [-0.4, -0.2) is 84.6 Å². The van der Waals surface area contributed by atoms with E-state index in [9.17, 15) is 19.2 Å². The van der Waals surface area contributed by atoms with Crippen LogP contribution in [0.5, 0.6) is 0 Å². The van der Waals surface area contributed by atoms with Crippen molar-refractivity contribution in [1.29, 1.82) is 0 Å². The van der Waals surface area contributed by atoms with Gasteiger partial charge in [0.15, 0.2) is 5.60 Å². The Hall–Kier alpha value is -1.94. The molecule has 1 aromatic rings. The average molecular weight is 338 g/mol. The first kappa shape index (κ1) is 23.3. The van der Waals surface area contributed by atoms with Gasteiger partial charge in [0.25, 0.3) is 0 Å². The Balaban J connectivity index is 0. The van der Waals surface area contributed by atoms with E-state index in [-0.39, 0.29) is 29.6 Å². The molecule has 0 saturated heterocycles. The molecule has 1 rings (SSSR count). The summed E-state index contributed by atoms with van der Waals surface area (Å²) in [7, 11) is 0. The molecule has 10 heteroatoms. The van der Waals surface area contributed by atoms with E-state index in [1.165, 1.54) is 0 Å². The molecule has 0 aliphatic rings. The second kappa shape index (κ2) is 10.7. The predicted octanol–water partition coefficient (Wildman–Crippen LogP) is -0.512. The molecule has 0 spiro atoms. The SMILES string of the molecule is O=C(O)CC(O)(CC(=O)O)C(=O)O.O=C(O)c1ccccc1.[NaH]. The average Bonchev–Trinajstić information content (AvgIpc) is 2.38. The van der Waals surface area contributed by atoms with E-state index in [1.807, 2.05) is 0 Å². The molecule has 0 aliphatic carbocycles. The van der Waals surface area contributed by atoms with E-state index in [0.717, 1.165) is 0 Å². The van der Waals surface area contributed by atoms with Gasteiger partial charge in [-0.05, 0) is 12.1 Å². The minimum absolute atomic E-state index is 0. The summed E-state index contributed by atoms with van der Waals surface area (Å²) in [6, 6.07) is 8.30. The molecule has 0 saturated carbocycles. The van der Waals surface area contributed by atoms with Crippen LogP contribution in [0.15, 0.2) is 30.3 Å². The van der Waals surface area contributed by atoms with Crippen molar-refractivity contribution in [1.82, 2.24) is 0 Å². The summed E-state index contributed by atoms with van der Waals surface area (Å²) in [6.45, 7) is 0. The Labute approximate surface area is 152 Å². The van der Waals surface area contributed by atoms with E-state index in [0.29, 0.717) is 5.56 Å². The Bertz CT molecular complexity index is 540. The van der Waals surface area contributed by atoms with Gasteiger partial charge < -0.3 is 25.5 Å². The van der Waals surface area contributed by atoms with Gasteiger partial charge in [-0.25, -0.2) is 9.59 Å². The van der Waals surface area contributed by atoms with E-state index >= 15 is 0 Å². The molecular formula is C13H15NaO9. The van der Waals surface area contributed by atoms with E-state index in [2.05, 4.69) is 0 Å².